The van der Waals surface area contributed by atoms with Gasteiger partial charge >= 0.3 is 35.8 Å². The molecule has 136 heavy (non-hydrogen) atoms. The standard InChI is InChI=1S/2C18H18O6.4C16H14O6/c2*1-21-11-7-15(23-3)18-12(9-17(20)24-16(18)8-11)10-4-5-14(22-2)13(19)6-10;2*1-21-13-3-2-8(4-11(13)18)10-7-15(20)22-14-6-9(17)5-12(19)16(10)14;2*1-21-13-4-8(2-3-11(13)18)10-7-15(20)22-14-6-9(17)5-12(19)16(10)14/h2*4-8,12,19H,9H2,1-3H3;4*2-6,10,17-19H,7H2,1H3/t2*12-;4*10-/m101010/s1. The van der Waals surface area contributed by atoms with Crippen molar-refractivity contribution in [3.8, 4) is 172 Å². The van der Waals surface area contributed by atoms with Crippen LogP contribution in [-0.2, 0) is 28.8 Å². The van der Waals surface area contributed by atoms with Gasteiger partial charge in [-0.25, -0.2) is 0 Å². The Balaban J connectivity index is 0.000000138. The van der Waals surface area contributed by atoms with Crippen LogP contribution in [-0.4, -0.2) is 178 Å². The molecule has 12 aromatic rings. The molecule has 0 aromatic heterocycles. The SMILES string of the molecule is COc1cc(OC)c2c(c1)OC(=O)C[C@@H]2c1ccc(OC)c(O)c1.COc1cc(OC)c2c(c1)OC(=O)C[C@H]2c1ccc(OC)c(O)c1.COc1cc([C@@H]2CC(=O)Oc3cc(O)cc(O)c32)ccc1O.COc1cc([C@H]2CC(=O)Oc3cc(O)cc(O)c32)ccc1O.COc1ccc([C@@H]2CC(=O)Oc3cc(O)cc(O)c32)cc1O.COc1ccc([C@H]2CC(=O)Oc3cc(O)cc(O)c32)cc1O. The van der Waals surface area contributed by atoms with Crippen molar-refractivity contribution in [2.75, 3.05) is 71.1 Å². The zero-order valence-electron chi connectivity index (χ0n) is 74.3. The Bertz CT molecular complexity index is 6210. The van der Waals surface area contributed by atoms with Crippen molar-refractivity contribution in [3.05, 3.63) is 249 Å². The van der Waals surface area contributed by atoms with Gasteiger partial charge in [-0.1, -0.05) is 36.4 Å². The second kappa shape index (κ2) is 41.4. The topological polar surface area (TPSA) is 533 Å². The van der Waals surface area contributed by atoms with Gasteiger partial charge in [-0.15, -0.1) is 0 Å². The molecule has 18 rings (SSSR count). The van der Waals surface area contributed by atoms with E-state index in [4.69, 9.17) is 75.8 Å². The summed E-state index contributed by atoms with van der Waals surface area (Å²) in [7, 11) is 14.9. The monoisotopic (exact) mass is 1870 g/mol. The van der Waals surface area contributed by atoms with Crippen LogP contribution in [0.3, 0.4) is 0 Å². The average Bonchev–Trinajstić information content (AvgIpc) is 0.792. The summed E-state index contributed by atoms with van der Waals surface area (Å²) in [5.41, 5.74) is 7.35. The molecule has 0 radical (unpaired) electrons. The van der Waals surface area contributed by atoms with Crippen molar-refractivity contribution in [2.24, 2.45) is 0 Å². The van der Waals surface area contributed by atoms with E-state index in [0.29, 0.717) is 102 Å². The minimum Gasteiger partial charge on any atom is -0.508 e. The van der Waals surface area contributed by atoms with E-state index in [2.05, 4.69) is 0 Å². The quantitative estimate of drug-likeness (QED) is 0.0315. The Morgan fingerprint density at radius 2 is 0.390 bits per heavy atom. The lowest BCUT2D eigenvalue weighted by Gasteiger charge is -2.27. The molecule has 0 spiro atoms. The Hall–Kier alpha value is -17.3. The maximum Gasteiger partial charge on any atom is 0.312 e. The number of carbonyl (C=O) groups is 6. The van der Waals surface area contributed by atoms with E-state index < -0.39 is 47.5 Å². The summed E-state index contributed by atoms with van der Waals surface area (Å²) in [6, 6.07) is 45.9. The highest BCUT2D eigenvalue weighted by atomic mass is 16.6. The fourth-order valence-electron chi connectivity index (χ4n) is 16.5. The van der Waals surface area contributed by atoms with Crippen molar-refractivity contribution < 1.29 is 176 Å². The molecule has 708 valence electrons. The molecule has 36 nitrogen and oxygen atoms in total. The van der Waals surface area contributed by atoms with Gasteiger partial charge in [-0.2, -0.15) is 0 Å². The molecule has 6 atom stereocenters. The van der Waals surface area contributed by atoms with Crippen molar-refractivity contribution >= 4 is 35.8 Å². The number of fused-ring (bicyclic) bond motifs is 6. The average molecular weight is 1870 g/mol. The van der Waals surface area contributed by atoms with Gasteiger partial charge in [0, 0.05) is 142 Å². The van der Waals surface area contributed by atoms with Crippen LogP contribution < -0.4 is 75.8 Å². The molecule has 0 unspecified atom stereocenters. The normalized spacial score (nSPS) is 16.5. The zero-order valence-corrected chi connectivity index (χ0v) is 74.3. The minimum absolute atomic E-state index is 0.0141. The number of benzene rings is 12. The fraction of sp³-hybridized carbons (Fsp3) is 0.220. The van der Waals surface area contributed by atoms with Gasteiger partial charge in [-0.3, -0.25) is 28.8 Å². The van der Waals surface area contributed by atoms with Gasteiger partial charge in [0.1, 0.15) is 103 Å². The van der Waals surface area contributed by atoms with Crippen LogP contribution in [0.1, 0.15) is 141 Å². The number of ether oxygens (including phenoxy) is 16. The van der Waals surface area contributed by atoms with E-state index in [1.807, 2.05) is 12.1 Å². The lowest BCUT2D eigenvalue weighted by Crippen LogP contribution is -2.21. The summed E-state index contributed by atoms with van der Waals surface area (Å²) >= 11 is 0. The van der Waals surface area contributed by atoms with Gasteiger partial charge in [0.25, 0.3) is 0 Å². The summed E-state index contributed by atoms with van der Waals surface area (Å²) in [5, 5.41) is 138. The number of esters is 6. The number of carbonyl (C=O) groups excluding carboxylic acids is 6. The van der Waals surface area contributed by atoms with Crippen LogP contribution >= 0.6 is 0 Å². The summed E-state index contributed by atoms with van der Waals surface area (Å²) in [5.74, 6) is -1.07. The number of rotatable bonds is 16. The Labute approximate surface area is 774 Å². The molecule has 14 N–H and O–H groups in total. The van der Waals surface area contributed by atoms with Crippen LogP contribution in [0, 0.1) is 0 Å². The number of hydrogen-bond acceptors (Lipinski definition) is 36. The molecular weight excluding hydrogens is 1780 g/mol. The van der Waals surface area contributed by atoms with Gasteiger partial charge < -0.3 is 147 Å². The molecule has 0 fully saturated rings. The van der Waals surface area contributed by atoms with Crippen molar-refractivity contribution in [2.45, 2.75) is 74.0 Å². The highest BCUT2D eigenvalue weighted by Gasteiger charge is 2.40. The van der Waals surface area contributed by atoms with Crippen LogP contribution in [0.4, 0.5) is 0 Å². The first-order valence-electron chi connectivity index (χ1n) is 41.3. The summed E-state index contributed by atoms with van der Waals surface area (Å²) in [6.45, 7) is 0. The maximum absolute atomic E-state index is 12.0. The number of phenols is 14. The smallest absolute Gasteiger partial charge is 0.312 e. The highest BCUT2D eigenvalue weighted by molar-refractivity contribution is 5.84. The first kappa shape index (κ1) is 96.2. The largest absolute Gasteiger partial charge is 0.508 e. The molecule has 6 aliphatic heterocycles. The molecule has 0 saturated carbocycles. The van der Waals surface area contributed by atoms with E-state index in [0.717, 1.165) is 22.3 Å². The maximum atomic E-state index is 12.0. The predicted molar refractivity (Wildman–Crippen MR) is 479 cm³/mol. The number of hydrogen-bond donors (Lipinski definition) is 14. The predicted octanol–water partition coefficient (Wildman–Crippen LogP) is 14.7. The van der Waals surface area contributed by atoms with Crippen molar-refractivity contribution in [1.29, 1.82) is 0 Å². The summed E-state index contributed by atoms with van der Waals surface area (Å²) in [4.78, 5) is 71.2. The van der Waals surface area contributed by atoms with Gasteiger partial charge in [0.2, 0.25) is 0 Å². The van der Waals surface area contributed by atoms with Gasteiger partial charge in [0.05, 0.1) is 110 Å². The lowest BCUT2D eigenvalue weighted by molar-refractivity contribution is -0.136. The van der Waals surface area contributed by atoms with Crippen LogP contribution in [0.2, 0.25) is 0 Å². The van der Waals surface area contributed by atoms with Crippen LogP contribution in [0.15, 0.2) is 182 Å². The second-order valence-electron chi connectivity index (χ2n) is 31.0. The minimum atomic E-state index is -0.478. The summed E-state index contributed by atoms with van der Waals surface area (Å²) < 4.78 is 82.7. The Morgan fingerprint density at radius 3 is 0.596 bits per heavy atom. The van der Waals surface area contributed by atoms with E-state index in [9.17, 15) is 100 Å². The Morgan fingerprint density at radius 1 is 0.191 bits per heavy atom. The highest BCUT2D eigenvalue weighted by Crippen LogP contribution is 2.55. The molecule has 12 aromatic carbocycles. The first-order chi connectivity index (χ1) is 65.1. The molecule has 0 aliphatic carbocycles. The third-order valence-corrected chi connectivity index (χ3v) is 22.8. The zero-order chi connectivity index (χ0) is 97.9. The van der Waals surface area contributed by atoms with Gasteiger partial charge in [0.15, 0.2) is 69.0 Å². The molecule has 36 heteroatoms. The molecular formula is C100H92O36. The van der Waals surface area contributed by atoms with Crippen LogP contribution in [0.5, 0.6) is 172 Å². The molecule has 6 heterocycles. The summed E-state index contributed by atoms with van der Waals surface area (Å²) in [6.07, 6.45) is 0.440. The number of aromatic hydroxyl groups is 14. The van der Waals surface area contributed by atoms with E-state index in [1.54, 1.807) is 111 Å². The fourth-order valence-corrected chi connectivity index (χ4v) is 16.5. The number of phenolic OH excluding ortho intramolecular Hbond substituents is 14. The molecule has 0 saturated heterocycles. The van der Waals surface area contributed by atoms with E-state index in [-0.39, 0.29) is 177 Å². The van der Waals surface area contributed by atoms with Crippen molar-refractivity contribution in [1.82, 2.24) is 0 Å². The number of methoxy groups -OCH3 is 10. The Kier molecular flexibility index (Phi) is 29.3. The molecule has 6 aliphatic rings. The van der Waals surface area contributed by atoms with Crippen molar-refractivity contribution in [3.63, 3.8) is 0 Å². The van der Waals surface area contributed by atoms with Gasteiger partial charge in [-0.05, 0) is 106 Å². The molecule has 0 bridgehead atoms. The second-order valence-corrected chi connectivity index (χ2v) is 31.0. The van der Waals surface area contributed by atoms with E-state index >= 15 is 0 Å². The molecule has 0 amide bonds. The first-order valence-corrected chi connectivity index (χ1v) is 41.3. The third-order valence-electron chi connectivity index (χ3n) is 22.8. The van der Waals surface area contributed by atoms with E-state index in [1.165, 1.54) is 130 Å². The lowest BCUT2D eigenvalue weighted by atomic mass is 9.85. The van der Waals surface area contributed by atoms with Crippen LogP contribution in [0.25, 0.3) is 0 Å². The third kappa shape index (κ3) is 21.0.